The largest absolute Gasteiger partial charge is 0.307 e. The van der Waals surface area contributed by atoms with Crippen molar-refractivity contribution in [2.75, 3.05) is 0 Å². The predicted molar refractivity (Wildman–Crippen MR) is 79.4 cm³/mol. The quantitative estimate of drug-likeness (QED) is 0.730. The smallest absolute Gasteiger partial charge is 0.0135 e. The number of rotatable bonds is 4. The molecule has 1 nitrogen and oxygen atoms in total. The molecule has 0 radical (unpaired) electrons. The van der Waals surface area contributed by atoms with Gasteiger partial charge in [0.2, 0.25) is 0 Å². The van der Waals surface area contributed by atoms with Crippen LogP contribution in [0.15, 0.2) is 0 Å². The Morgan fingerprint density at radius 2 is 0.765 bits per heavy atom. The van der Waals surface area contributed by atoms with Crippen molar-refractivity contribution in [2.45, 2.75) is 93.2 Å². The van der Waals surface area contributed by atoms with Gasteiger partial charge in [0, 0.05) is 11.1 Å². The Bertz CT molecular complexity index is 209. The van der Waals surface area contributed by atoms with E-state index in [0.717, 1.165) is 0 Å². The molecule has 0 amide bonds. The van der Waals surface area contributed by atoms with Crippen LogP contribution in [0.1, 0.15) is 82.1 Å². The normalized spacial score (nSPS) is 15.2. The highest BCUT2D eigenvalue weighted by Crippen LogP contribution is 2.32. The molecule has 0 aliphatic heterocycles. The van der Waals surface area contributed by atoms with E-state index in [0.29, 0.717) is 10.8 Å². The first-order valence-electron chi connectivity index (χ1n) is 6.91. The SMILES string of the molecule is CC(C)(C)CC(C)(C)NC(C)(C)CC(C)(C)C. The molecule has 0 bridgehead atoms. The Kier molecular flexibility index (Phi) is 4.90. The molecule has 0 aliphatic carbocycles. The lowest BCUT2D eigenvalue weighted by atomic mass is 9.77. The third-order valence-corrected chi connectivity index (χ3v) is 2.62. The molecule has 1 N–H and O–H groups in total. The summed E-state index contributed by atoms with van der Waals surface area (Å²) in [6.07, 6.45) is 2.38. The summed E-state index contributed by atoms with van der Waals surface area (Å²) in [6.45, 7) is 23.2. The maximum atomic E-state index is 3.85. The van der Waals surface area contributed by atoms with Crippen LogP contribution in [-0.4, -0.2) is 11.1 Å². The van der Waals surface area contributed by atoms with Crippen molar-refractivity contribution in [1.82, 2.24) is 5.32 Å². The molecule has 17 heavy (non-hydrogen) atoms. The molecule has 0 spiro atoms. The van der Waals surface area contributed by atoms with E-state index in [2.05, 4.69) is 74.6 Å². The van der Waals surface area contributed by atoms with E-state index in [-0.39, 0.29) is 11.1 Å². The zero-order valence-corrected chi connectivity index (χ0v) is 13.9. The van der Waals surface area contributed by atoms with E-state index < -0.39 is 0 Å². The zero-order chi connectivity index (χ0) is 14.1. The first-order chi connectivity index (χ1) is 7.12. The molecule has 0 heterocycles. The Balaban J connectivity index is 4.59. The van der Waals surface area contributed by atoms with Gasteiger partial charge in [0.15, 0.2) is 0 Å². The number of hydrogen-bond donors (Lipinski definition) is 1. The highest BCUT2D eigenvalue weighted by Gasteiger charge is 2.33. The molecule has 0 aromatic carbocycles. The van der Waals surface area contributed by atoms with Gasteiger partial charge >= 0.3 is 0 Å². The van der Waals surface area contributed by atoms with Crippen LogP contribution in [0.4, 0.5) is 0 Å². The second-order valence-corrected chi connectivity index (χ2v) is 9.37. The fourth-order valence-electron chi connectivity index (χ4n) is 3.66. The van der Waals surface area contributed by atoms with E-state index in [9.17, 15) is 0 Å². The van der Waals surface area contributed by atoms with Gasteiger partial charge in [0.05, 0.1) is 0 Å². The molecule has 0 atom stereocenters. The van der Waals surface area contributed by atoms with E-state index in [1.807, 2.05) is 0 Å². The molecule has 0 fully saturated rings. The van der Waals surface area contributed by atoms with E-state index >= 15 is 0 Å². The summed E-state index contributed by atoms with van der Waals surface area (Å²) in [5.41, 5.74) is 1.11. The summed E-state index contributed by atoms with van der Waals surface area (Å²) in [6, 6.07) is 0. The van der Waals surface area contributed by atoms with Crippen molar-refractivity contribution in [3.05, 3.63) is 0 Å². The summed E-state index contributed by atoms with van der Waals surface area (Å²) >= 11 is 0. The topological polar surface area (TPSA) is 12.0 Å². The van der Waals surface area contributed by atoms with Crippen LogP contribution in [0.2, 0.25) is 0 Å². The van der Waals surface area contributed by atoms with E-state index in [1.165, 1.54) is 12.8 Å². The van der Waals surface area contributed by atoms with Gasteiger partial charge in [-0.05, 0) is 51.4 Å². The monoisotopic (exact) mass is 241 g/mol. The van der Waals surface area contributed by atoms with Gasteiger partial charge in [-0.3, -0.25) is 0 Å². The fraction of sp³-hybridized carbons (Fsp3) is 1.00. The van der Waals surface area contributed by atoms with Gasteiger partial charge in [-0.25, -0.2) is 0 Å². The summed E-state index contributed by atoms with van der Waals surface area (Å²) in [5.74, 6) is 0. The van der Waals surface area contributed by atoms with Crippen LogP contribution in [0.5, 0.6) is 0 Å². The molecule has 0 rings (SSSR count). The Labute approximate surface area is 110 Å². The van der Waals surface area contributed by atoms with Crippen LogP contribution >= 0.6 is 0 Å². The van der Waals surface area contributed by atoms with Gasteiger partial charge in [-0.1, -0.05) is 41.5 Å². The van der Waals surface area contributed by atoms with Crippen molar-refractivity contribution in [3.8, 4) is 0 Å². The molecule has 104 valence electrons. The first-order valence-corrected chi connectivity index (χ1v) is 6.91. The molecule has 0 aromatic heterocycles. The average molecular weight is 241 g/mol. The van der Waals surface area contributed by atoms with Crippen molar-refractivity contribution in [2.24, 2.45) is 10.8 Å². The van der Waals surface area contributed by atoms with Crippen molar-refractivity contribution >= 4 is 0 Å². The van der Waals surface area contributed by atoms with Crippen molar-refractivity contribution in [1.29, 1.82) is 0 Å². The lowest BCUT2D eigenvalue weighted by molar-refractivity contribution is 0.155. The molecule has 0 saturated carbocycles. The molecule has 0 aliphatic rings. The minimum Gasteiger partial charge on any atom is -0.307 e. The molecule has 0 unspecified atom stereocenters. The average Bonchev–Trinajstić information content (AvgIpc) is 1.65. The van der Waals surface area contributed by atoms with Crippen LogP contribution in [0.25, 0.3) is 0 Å². The summed E-state index contributed by atoms with van der Waals surface area (Å²) in [4.78, 5) is 0. The second-order valence-electron chi connectivity index (χ2n) is 9.37. The number of hydrogen-bond acceptors (Lipinski definition) is 1. The highest BCUT2D eigenvalue weighted by molar-refractivity contribution is 4.92. The number of nitrogens with one attached hydrogen (secondary N) is 1. The maximum Gasteiger partial charge on any atom is 0.0135 e. The molecule has 0 aromatic rings. The minimum atomic E-state index is 0.188. The van der Waals surface area contributed by atoms with Crippen LogP contribution in [-0.2, 0) is 0 Å². The standard InChI is InChI=1S/C16H35N/c1-13(2,3)11-15(7,8)17-16(9,10)12-14(4,5)6/h17H,11-12H2,1-10H3. The zero-order valence-electron chi connectivity index (χ0n) is 13.9. The van der Waals surface area contributed by atoms with Gasteiger partial charge in [-0.2, -0.15) is 0 Å². The van der Waals surface area contributed by atoms with E-state index in [4.69, 9.17) is 0 Å². The maximum absolute atomic E-state index is 3.85. The third kappa shape index (κ3) is 9.64. The Morgan fingerprint density at radius 3 is 0.941 bits per heavy atom. The summed E-state index contributed by atoms with van der Waals surface area (Å²) < 4.78 is 0. The molecule has 0 saturated heterocycles. The highest BCUT2D eigenvalue weighted by atomic mass is 15.0. The van der Waals surface area contributed by atoms with Crippen LogP contribution < -0.4 is 5.32 Å². The second kappa shape index (κ2) is 4.91. The van der Waals surface area contributed by atoms with Crippen molar-refractivity contribution < 1.29 is 0 Å². The molecular formula is C16H35N. The van der Waals surface area contributed by atoms with E-state index in [1.54, 1.807) is 0 Å². The molecule has 1 heteroatoms. The Hall–Kier alpha value is -0.0400. The lowest BCUT2D eigenvalue weighted by Gasteiger charge is -2.43. The summed E-state index contributed by atoms with van der Waals surface area (Å²) in [7, 11) is 0. The first kappa shape index (κ1) is 17.0. The summed E-state index contributed by atoms with van der Waals surface area (Å²) in [5, 5.41) is 3.85. The van der Waals surface area contributed by atoms with Crippen LogP contribution in [0, 0.1) is 10.8 Å². The lowest BCUT2D eigenvalue weighted by Crippen LogP contribution is -2.54. The van der Waals surface area contributed by atoms with Crippen LogP contribution in [0.3, 0.4) is 0 Å². The fourth-order valence-corrected chi connectivity index (χ4v) is 3.66. The third-order valence-electron chi connectivity index (χ3n) is 2.62. The Morgan fingerprint density at radius 1 is 0.529 bits per heavy atom. The van der Waals surface area contributed by atoms with Gasteiger partial charge in [-0.15, -0.1) is 0 Å². The van der Waals surface area contributed by atoms with Gasteiger partial charge in [0.25, 0.3) is 0 Å². The molecular weight excluding hydrogens is 206 g/mol. The van der Waals surface area contributed by atoms with Gasteiger partial charge in [0.1, 0.15) is 0 Å². The van der Waals surface area contributed by atoms with Crippen molar-refractivity contribution in [3.63, 3.8) is 0 Å². The predicted octanol–water partition coefficient (Wildman–Crippen LogP) is 5.01. The minimum absolute atomic E-state index is 0.188. The van der Waals surface area contributed by atoms with Gasteiger partial charge < -0.3 is 5.32 Å².